The van der Waals surface area contributed by atoms with Crippen molar-refractivity contribution in [2.75, 3.05) is 19.6 Å². The summed E-state index contributed by atoms with van der Waals surface area (Å²) >= 11 is 0. The number of carbonyl (C=O) groups excluding carboxylic acids is 1. The van der Waals surface area contributed by atoms with Gasteiger partial charge in [-0.3, -0.25) is 0 Å². The van der Waals surface area contributed by atoms with Gasteiger partial charge in [0.15, 0.2) is 0 Å². The number of aliphatic carboxylic acids is 1. The van der Waals surface area contributed by atoms with E-state index >= 15 is 0 Å². The number of unbranched alkanes of at least 4 members (excludes halogenated alkanes) is 6. The predicted octanol–water partition coefficient (Wildman–Crippen LogP) is 4.21. The van der Waals surface area contributed by atoms with Crippen molar-refractivity contribution in [1.29, 1.82) is 0 Å². The van der Waals surface area contributed by atoms with E-state index in [0.717, 1.165) is 77.3 Å². The summed E-state index contributed by atoms with van der Waals surface area (Å²) < 4.78 is 0.468. The normalized spacial score (nSPS) is 14.6. The number of allylic oxidation sites excluding steroid dienone is 1. The van der Waals surface area contributed by atoms with Crippen LogP contribution in [0.2, 0.25) is 0 Å². The molecule has 0 aliphatic rings. The Bertz CT molecular complexity index is 385. The molecule has 4 nitrogen and oxygen atoms in total. The Hall–Kier alpha value is -0.870. The van der Waals surface area contributed by atoms with Crippen molar-refractivity contribution in [2.24, 2.45) is 0 Å². The lowest BCUT2D eigenvalue weighted by atomic mass is 10.0. The summed E-state index contributed by atoms with van der Waals surface area (Å²) in [5.74, 6) is -0.952. The number of aliphatic hydroxyl groups is 1. The molecule has 4 heteroatoms. The summed E-state index contributed by atoms with van der Waals surface area (Å²) in [6.45, 7) is 10.6. The molecule has 0 aromatic heterocycles. The molecule has 0 fully saturated rings. The maximum atomic E-state index is 12.1. The minimum absolute atomic E-state index is 0.468. The molecule has 0 amide bonds. The Morgan fingerprint density at radius 1 is 0.926 bits per heavy atom. The largest absolute Gasteiger partial charge is 0.544 e. The van der Waals surface area contributed by atoms with Crippen LogP contribution >= 0.6 is 0 Å². The molecular formula is C23H45NO3. The minimum Gasteiger partial charge on any atom is -0.544 e. The fourth-order valence-corrected chi connectivity index (χ4v) is 3.98. The number of quaternary nitrogens is 1. The van der Waals surface area contributed by atoms with Crippen LogP contribution in [0.1, 0.15) is 98.3 Å². The van der Waals surface area contributed by atoms with Gasteiger partial charge in [0.2, 0.25) is 0 Å². The van der Waals surface area contributed by atoms with Crippen LogP contribution in [0.15, 0.2) is 12.2 Å². The van der Waals surface area contributed by atoms with Crippen molar-refractivity contribution >= 4 is 5.97 Å². The van der Waals surface area contributed by atoms with Gasteiger partial charge < -0.3 is 19.5 Å². The number of carboxylic acids is 1. The van der Waals surface area contributed by atoms with Gasteiger partial charge in [0.05, 0.1) is 19.1 Å². The first-order chi connectivity index (χ1) is 13.0. The minimum atomic E-state index is -0.952. The van der Waals surface area contributed by atoms with Gasteiger partial charge in [-0.25, -0.2) is 0 Å². The average Bonchev–Trinajstić information content (AvgIpc) is 2.63. The first-order valence-electron chi connectivity index (χ1n) is 11.4. The number of carbonyl (C=O) groups is 1. The van der Waals surface area contributed by atoms with E-state index in [0.29, 0.717) is 17.4 Å². The lowest BCUT2D eigenvalue weighted by Gasteiger charge is -2.46. The highest BCUT2D eigenvalue weighted by Crippen LogP contribution is 2.23. The molecule has 0 aliphatic heterocycles. The number of nitrogens with zero attached hydrogens (tertiary/aromatic N) is 1. The number of aliphatic hydroxyl groups excluding tert-OH is 1. The van der Waals surface area contributed by atoms with Gasteiger partial charge in [-0.15, -0.1) is 0 Å². The highest BCUT2D eigenvalue weighted by atomic mass is 16.4. The van der Waals surface area contributed by atoms with Gasteiger partial charge in [0.1, 0.15) is 18.7 Å². The Morgan fingerprint density at radius 3 is 1.93 bits per heavy atom. The van der Waals surface area contributed by atoms with Crippen LogP contribution in [0.5, 0.6) is 0 Å². The second kappa shape index (κ2) is 16.1. The van der Waals surface area contributed by atoms with E-state index in [9.17, 15) is 15.0 Å². The molecule has 0 saturated carbocycles. The van der Waals surface area contributed by atoms with Crippen molar-refractivity contribution in [1.82, 2.24) is 0 Å². The molecule has 0 heterocycles. The van der Waals surface area contributed by atoms with Crippen molar-refractivity contribution in [2.45, 2.75) is 110 Å². The molecule has 0 aliphatic carbocycles. The summed E-state index contributed by atoms with van der Waals surface area (Å²) in [6, 6.07) is -0.526. The lowest BCUT2D eigenvalue weighted by molar-refractivity contribution is -0.947. The molecule has 0 bridgehead atoms. The summed E-state index contributed by atoms with van der Waals surface area (Å²) in [5, 5.41) is 22.7. The van der Waals surface area contributed by atoms with Crippen molar-refractivity contribution in [3.05, 3.63) is 12.2 Å². The first kappa shape index (κ1) is 26.1. The van der Waals surface area contributed by atoms with E-state index in [2.05, 4.69) is 26.8 Å². The molecule has 27 heavy (non-hydrogen) atoms. The SMILES string of the molecule is CCCC/C=C/C(O)C[N+](CCCCC)(CCCCC)C(CCC)C(=O)[O-]. The van der Waals surface area contributed by atoms with Crippen molar-refractivity contribution in [3.63, 3.8) is 0 Å². The average molecular weight is 384 g/mol. The van der Waals surface area contributed by atoms with Crippen LogP contribution in [0.25, 0.3) is 0 Å². The molecular weight excluding hydrogens is 338 g/mol. The van der Waals surface area contributed by atoms with Crippen LogP contribution < -0.4 is 5.11 Å². The number of rotatable bonds is 18. The fraction of sp³-hybridized carbons (Fsp3) is 0.870. The molecule has 0 aromatic carbocycles. The molecule has 2 atom stereocenters. The standard InChI is InChI=1S/C23H45NO3/c1-5-9-12-13-17-21(25)20-24(18-14-10-6-2,19-15-11-7-3)22(16-8-4)23(26)27/h13,17,21-22,25H,5-12,14-16,18-20H2,1-4H3/b17-13+. The quantitative estimate of drug-likeness (QED) is 0.219. The van der Waals surface area contributed by atoms with E-state index in [4.69, 9.17) is 0 Å². The van der Waals surface area contributed by atoms with Crippen molar-refractivity contribution in [3.8, 4) is 0 Å². The maximum Gasteiger partial charge on any atom is 0.129 e. The lowest BCUT2D eigenvalue weighted by Crippen LogP contribution is -2.64. The van der Waals surface area contributed by atoms with Crippen LogP contribution in [0.4, 0.5) is 0 Å². The van der Waals surface area contributed by atoms with E-state index in [1.54, 1.807) is 0 Å². The molecule has 2 unspecified atom stereocenters. The Morgan fingerprint density at radius 2 is 1.48 bits per heavy atom. The zero-order valence-electron chi connectivity index (χ0n) is 18.4. The second-order valence-corrected chi connectivity index (χ2v) is 8.02. The zero-order valence-corrected chi connectivity index (χ0v) is 18.4. The monoisotopic (exact) mass is 383 g/mol. The van der Waals surface area contributed by atoms with Gasteiger partial charge in [-0.05, 0) is 32.1 Å². The Labute approximate surface area is 168 Å². The van der Waals surface area contributed by atoms with Gasteiger partial charge in [0.25, 0.3) is 0 Å². The number of carboxylic acid groups (broad SMARTS) is 1. The highest BCUT2D eigenvalue weighted by molar-refractivity contribution is 5.69. The third-order valence-electron chi connectivity index (χ3n) is 5.54. The van der Waals surface area contributed by atoms with E-state index < -0.39 is 18.1 Å². The molecule has 1 N–H and O–H groups in total. The van der Waals surface area contributed by atoms with E-state index in [-0.39, 0.29) is 0 Å². The highest BCUT2D eigenvalue weighted by Gasteiger charge is 2.38. The fourth-order valence-electron chi connectivity index (χ4n) is 3.98. The van der Waals surface area contributed by atoms with Crippen LogP contribution in [0, 0.1) is 0 Å². The second-order valence-electron chi connectivity index (χ2n) is 8.02. The van der Waals surface area contributed by atoms with Gasteiger partial charge in [0, 0.05) is 6.42 Å². The number of hydrogen-bond acceptors (Lipinski definition) is 3. The predicted molar refractivity (Wildman–Crippen MR) is 112 cm³/mol. The third-order valence-corrected chi connectivity index (χ3v) is 5.54. The van der Waals surface area contributed by atoms with Crippen LogP contribution in [-0.2, 0) is 4.79 Å². The van der Waals surface area contributed by atoms with Gasteiger partial charge >= 0.3 is 0 Å². The molecule has 0 spiro atoms. The molecule has 0 rings (SSSR count). The third kappa shape index (κ3) is 10.9. The summed E-state index contributed by atoms with van der Waals surface area (Å²) in [4.78, 5) is 12.1. The molecule has 0 radical (unpaired) electrons. The van der Waals surface area contributed by atoms with E-state index in [1.165, 1.54) is 0 Å². The summed E-state index contributed by atoms with van der Waals surface area (Å²) in [6.07, 6.45) is 14.4. The topological polar surface area (TPSA) is 60.4 Å². The molecule has 0 saturated heterocycles. The van der Waals surface area contributed by atoms with E-state index in [1.807, 2.05) is 13.0 Å². The van der Waals surface area contributed by atoms with Crippen LogP contribution in [-0.4, -0.2) is 47.3 Å². The van der Waals surface area contributed by atoms with Gasteiger partial charge in [-0.2, -0.15) is 0 Å². The van der Waals surface area contributed by atoms with Crippen LogP contribution in [0.3, 0.4) is 0 Å². The van der Waals surface area contributed by atoms with Gasteiger partial charge in [-0.1, -0.05) is 72.0 Å². The summed E-state index contributed by atoms with van der Waals surface area (Å²) in [7, 11) is 0. The zero-order chi connectivity index (χ0) is 20.5. The Kier molecular flexibility index (Phi) is 15.6. The summed E-state index contributed by atoms with van der Waals surface area (Å²) in [5.41, 5.74) is 0. The Balaban J connectivity index is 5.49. The first-order valence-corrected chi connectivity index (χ1v) is 11.4. The maximum absolute atomic E-state index is 12.1. The molecule has 160 valence electrons. The number of hydrogen-bond donors (Lipinski definition) is 1. The van der Waals surface area contributed by atoms with Crippen molar-refractivity contribution < 1.29 is 19.5 Å². The smallest absolute Gasteiger partial charge is 0.129 e. The molecule has 0 aromatic rings.